The second kappa shape index (κ2) is 10.5. The standard InChI is InChI=1S/C36H47N5O5/c1-31(21-41(6)29(44)20-38-30(45)24-8-14-39-40-24)10-11-32(2)12-13-35(5)34(4)9-7-23-15-25(42)22(19-37)17-33(23,3)26(34)16-28(43)36(35,46)27(32)18-31/h8,14,16-17,23,27,46H,7,9-13,15,18,20-21H2,1-6H3,(H,38,45)(H,39,40)/t23-,27+,31-,32+,33-,34+,35-,36+/m0/s1. The highest BCUT2D eigenvalue weighted by Gasteiger charge is 2.74. The second-order valence-corrected chi connectivity index (χ2v) is 16.3. The maximum atomic E-state index is 14.6. The van der Waals surface area contributed by atoms with Crippen LogP contribution in [-0.2, 0) is 14.4 Å². The number of H-pyrrole nitrogens is 1. The summed E-state index contributed by atoms with van der Waals surface area (Å²) in [5.74, 6) is -1.31. The van der Waals surface area contributed by atoms with Gasteiger partial charge in [0.1, 0.15) is 17.4 Å². The Labute approximate surface area is 271 Å². The van der Waals surface area contributed by atoms with Gasteiger partial charge in [-0.3, -0.25) is 24.3 Å². The number of amides is 2. The number of allylic oxidation sites excluding steroid dienone is 3. The zero-order valence-electron chi connectivity index (χ0n) is 28.0. The number of nitriles is 1. The van der Waals surface area contributed by atoms with Crippen LogP contribution in [0.3, 0.4) is 0 Å². The van der Waals surface area contributed by atoms with Gasteiger partial charge in [0.05, 0.1) is 12.1 Å². The van der Waals surface area contributed by atoms with Crippen LogP contribution in [0.25, 0.3) is 0 Å². The second-order valence-electron chi connectivity index (χ2n) is 16.3. The van der Waals surface area contributed by atoms with Crippen molar-refractivity contribution in [1.29, 1.82) is 5.26 Å². The van der Waals surface area contributed by atoms with E-state index in [-0.39, 0.29) is 58.0 Å². The van der Waals surface area contributed by atoms with Gasteiger partial charge < -0.3 is 15.3 Å². The van der Waals surface area contributed by atoms with Crippen LogP contribution in [-0.4, -0.2) is 69.3 Å². The summed E-state index contributed by atoms with van der Waals surface area (Å²) in [6.45, 7) is 11.0. The van der Waals surface area contributed by atoms with Gasteiger partial charge in [-0.05, 0) is 84.8 Å². The molecule has 5 aliphatic carbocycles. The molecule has 5 aliphatic rings. The molecule has 0 radical (unpaired) electrons. The van der Waals surface area contributed by atoms with Gasteiger partial charge in [-0.15, -0.1) is 0 Å². The van der Waals surface area contributed by atoms with Crippen LogP contribution in [0.4, 0.5) is 0 Å². The molecule has 1 aromatic heterocycles. The van der Waals surface area contributed by atoms with Crippen LogP contribution in [0.5, 0.6) is 0 Å². The van der Waals surface area contributed by atoms with Crippen molar-refractivity contribution in [3.05, 3.63) is 41.3 Å². The van der Waals surface area contributed by atoms with E-state index < -0.39 is 27.8 Å². The van der Waals surface area contributed by atoms with E-state index in [4.69, 9.17) is 0 Å². The number of fused-ring (bicyclic) bond motifs is 7. The lowest BCUT2D eigenvalue weighted by Crippen LogP contribution is -2.73. The molecule has 0 spiro atoms. The average molecular weight is 630 g/mol. The quantitative estimate of drug-likeness (QED) is 0.439. The average Bonchev–Trinajstić information content (AvgIpc) is 3.56. The molecule has 0 saturated heterocycles. The highest BCUT2D eigenvalue weighted by atomic mass is 16.3. The molecule has 0 aliphatic heterocycles. The highest BCUT2D eigenvalue weighted by Crippen LogP contribution is 2.74. The van der Waals surface area contributed by atoms with Crippen LogP contribution in [0.1, 0.15) is 96.5 Å². The van der Waals surface area contributed by atoms with Crippen molar-refractivity contribution in [3.8, 4) is 6.07 Å². The Balaban J connectivity index is 1.29. The summed E-state index contributed by atoms with van der Waals surface area (Å²) in [6, 6.07) is 3.64. The Morgan fingerprint density at radius 3 is 2.52 bits per heavy atom. The number of aliphatic hydroxyl groups is 1. The molecule has 10 nitrogen and oxygen atoms in total. The third-order valence-electron chi connectivity index (χ3n) is 13.8. The van der Waals surface area contributed by atoms with Gasteiger partial charge in [0.2, 0.25) is 5.91 Å². The summed E-state index contributed by atoms with van der Waals surface area (Å²) in [5.41, 5.74) is -2.64. The van der Waals surface area contributed by atoms with Crippen molar-refractivity contribution < 1.29 is 24.3 Å². The summed E-state index contributed by atoms with van der Waals surface area (Å²) < 4.78 is 0. The van der Waals surface area contributed by atoms with Gasteiger partial charge in [-0.1, -0.05) is 40.7 Å². The number of hydrogen-bond donors (Lipinski definition) is 3. The molecular weight excluding hydrogens is 582 g/mol. The zero-order valence-corrected chi connectivity index (χ0v) is 28.0. The Kier molecular flexibility index (Phi) is 7.36. The number of Topliss-reactive ketones (excluding diaryl/α,β-unsaturated/α-hetero) is 1. The van der Waals surface area contributed by atoms with Gasteiger partial charge in [-0.25, -0.2) is 0 Å². The molecule has 0 aromatic carbocycles. The Bertz CT molecular complexity index is 1610. The van der Waals surface area contributed by atoms with E-state index in [1.165, 1.54) is 6.20 Å². The molecule has 46 heavy (non-hydrogen) atoms. The normalized spacial score (nSPS) is 41.4. The number of carbonyl (C=O) groups excluding carboxylic acids is 4. The molecule has 246 valence electrons. The SMILES string of the molecule is CN(C[C@@]1(C)CC[C@]2(C)CC[C@@]3(C)[C@]4(C)CC[C@H]5CC(=O)C(C#N)=C[C@]5(C)C4=CC(=O)[C@]3(O)[C@@H]2C1)C(=O)CNC(=O)c1ccn[nH]1. The summed E-state index contributed by atoms with van der Waals surface area (Å²) >= 11 is 0. The van der Waals surface area contributed by atoms with Crippen molar-refractivity contribution in [3.63, 3.8) is 0 Å². The predicted octanol–water partition coefficient (Wildman–Crippen LogP) is 4.30. The number of aromatic amines is 1. The van der Waals surface area contributed by atoms with Crippen LogP contribution in [0.2, 0.25) is 0 Å². The Morgan fingerprint density at radius 2 is 1.85 bits per heavy atom. The van der Waals surface area contributed by atoms with E-state index in [9.17, 15) is 29.5 Å². The first-order valence-electron chi connectivity index (χ1n) is 16.6. The first-order valence-corrected chi connectivity index (χ1v) is 16.6. The minimum absolute atomic E-state index is 0.0168. The summed E-state index contributed by atoms with van der Waals surface area (Å²) in [7, 11) is 1.74. The largest absolute Gasteiger partial charge is 0.381 e. The molecule has 2 amide bonds. The van der Waals surface area contributed by atoms with Crippen molar-refractivity contribution in [2.75, 3.05) is 20.1 Å². The maximum absolute atomic E-state index is 14.6. The molecule has 1 heterocycles. The van der Waals surface area contributed by atoms with Crippen molar-refractivity contribution in [1.82, 2.24) is 20.4 Å². The van der Waals surface area contributed by atoms with Gasteiger partial charge in [0.25, 0.3) is 5.91 Å². The van der Waals surface area contributed by atoms with Crippen molar-refractivity contribution >= 4 is 23.4 Å². The molecule has 6 rings (SSSR count). The molecule has 0 unspecified atom stereocenters. The fourth-order valence-corrected chi connectivity index (χ4v) is 10.5. The number of nitrogens with zero attached hydrogens (tertiary/aromatic N) is 3. The molecule has 8 atom stereocenters. The lowest BCUT2D eigenvalue weighted by Gasteiger charge is -2.71. The maximum Gasteiger partial charge on any atom is 0.269 e. The summed E-state index contributed by atoms with van der Waals surface area (Å²) in [6.07, 6.45) is 10.7. The highest BCUT2D eigenvalue weighted by molar-refractivity contribution is 6.02. The van der Waals surface area contributed by atoms with Gasteiger partial charge in [0, 0.05) is 43.0 Å². The fourth-order valence-electron chi connectivity index (χ4n) is 10.5. The molecular formula is C36H47N5O5. The molecule has 3 saturated carbocycles. The van der Waals surface area contributed by atoms with E-state index in [1.54, 1.807) is 24.1 Å². The number of ketones is 2. The lowest BCUT2D eigenvalue weighted by molar-refractivity contribution is -0.242. The molecule has 3 N–H and O–H groups in total. The minimum atomic E-state index is -1.60. The van der Waals surface area contributed by atoms with E-state index in [0.29, 0.717) is 25.8 Å². The number of nitrogens with one attached hydrogen (secondary N) is 2. The first-order chi connectivity index (χ1) is 21.5. The van der Waals surface area contributed by atoms with Crippen LogP contribution >= 0.6 is 0 Å². The fraction of sp³-hybridized carbons (Fsp3) is 0.667. The van der Waals surface area contributed by atoms with E-state index in [1.807, 2.05) is 6.08 Å². The van der Waals surface area contributed by atoms with E-state index in [0.717, 1.165) is 37.7 Å². The third kappa shape index (κ3) is 4.40. The smallest absolute Gasteiger partial charge is 0.269 e. The van der Waals surface area contributed by atoms with E-state index in [2.05, 4.69) is 56.2 Å². The summed E-state index contributed by atoms with van der Waals surface area (Å²) in [4.78, 5) is 54.4. The molecule has 10 heteroatoms. The Hall–Kier alpha value is -3.58. The number of likely N-dealkylation sites (N-methyl/N-ethyl adjacent to an activating group) is 1. The molecule has 1 aromatic rings. The Morgan fingerprint density at radius 1 is 1.13 bits per heavy atom. The van der Waals surface area contributed by atoms with Crippen molar-refractivity contribution in [2.24, 2.45) is 38.9 Å². The van der Waals surface area contributed by atoms with Gasteiger partial charge in [0.15, 0.2) is 11.6 Å². The zero-order chi connectivity index (χ0) is 33.5. The first kappa shape index (κ1) is 32.4. The number of carbonyl (C=O) groups is 4. The molecule has 0 bridgehead atoms. The number of rotatable bonds is 5. The van der Waals surface area contributed by atoms with Crippen LogP contribution in [0, 0.1) is 50.2 Å². The van der Waals surface area contributed by atoms with Crippen LogP contribution < -0.4 is 5.32 Å². The monoisotopic (exact) mass is 629 g/mol. The lowest BCUT2D eigenvalue weighted by atomic mass is 9.33. The van der Waals surface area contributed by atoms with Gasteiger partial charge >= 0.3 is 0 Å². The molecule has 3 fully saturated rings. The number of hydrogen-bond acceptors (Lipinski definition) is 7. The minimum Gasteiger partial charge on any atom is -0.381 e. The summed E-state index contributed by atoms with van der Waals surface area (Å²) in [5, 5.41) is 31.8. The van der Waals surface area contributed by atoms with Crippen LogP contribution in [0.15, 0.2) is 35.6 Å². The van der Waals surface area contributed by atoms with Gasteiger partial charge in [-0.2, -0.15) is 10.4 Å². The predicted molar refractivity (Wildman–Crippen MR) is 170 cm³/mol. The topological polar surface area (TPSA) is 156 Å². The van der Waals surface area contributed by atoms with Crippen molar-refractivity contribution in [2.45, 2.75) is 91.6 Å². The number of aromatic nitrogens is 2. The third-order valence-corrected chi connectivity index (χ3v) is 13.8. The van der Waals surface area contributed by atoms with E-state index >= 15 is 0 Å².